The third kappa shape index (κ3) is 2.62. The van der Waals surface area contributed by atoms with E-state index in [1.54, 1.807) is 11.3 Å². The molecule has 0 aliphatic carbocycles. The molecule has 0 saturated heterocycles. The molecule has 126 valence electrons. The summed E-state index contributed by atoms with van der Waals surface area (Å²) in [6.45, 7) is 3.99. The Morgan fingerprint density at radius 3 is 2.72 bits per heavy atom. The van der Waals surface area contributed by atoms with Crippen molar-refractivity contribution in [2.75, 3.05) is 0 Å². The van der Waals surface area contributed by atoms with Gasteiger partial charge in [-0.2, -0.15) is 0 Å². The summed E-state index contributed by atoms with van der Waals surface area (Å²) in [4.78, 5) is 11.3. The smallest absolute Gasteiger partial charge is 0.323 e. The van der Waals surface area contributed by atoms with Crippen LogP contribution in [0, 0.1) is 13.8 Å². The van der Waals surface area contributed by atoms with Crippen LogP contribution in [0.1, 0.15) is 11.3 Å². The van der Waals surface area contributed by atoms with Crippen LogP contribution >= 0.6 is 22.9 Å². The molecule has 0 amide bonds. The van der Waals surface area contributed by atoms with Crippen LogP contribution in [0.4, 0.5) is 0 Å². The second-order valence-electron chi connectivity index (χ2n) is 6.25. The van der Waals surface area contributed by atoms with Crippen molar-refractivity contribution in [3.05, 3.63) is 58.1 Å². The maximum atomic E-state index is 11.3. The van der Waals surface area contributed by atoms with Gasteiger partial charge < -0.3 is 9.67 Å². The fourth-order valence-corrected chi connectivity index (χ4v) is 4.57. The number of benzene rings is 2. The lowest BCUT2D eigenvalue weighted by Gasteiger charge is -2.05. The van der Waals surface area contributed by atoms with Gasteiger partial charge in [-0.3, -0.25) is 4.79 Å². The minimum absolute atomic E-state index is 0.0474. The van der Waals surface area contributed by atoms with E-state index >= 15 is 0 Å². The topological polar surface area (TPSA) is 42.2 Å². The Labute approximate surface area is 154 Å². The molecule has 0 aliphatic heterocycles. The summed E-state index contributed by atoms with van der Waals surface area (Å²) in [6.07, 6.45) is 0. The SMILES string of the molecule is Cc1ccc2c(c1)c(-c1csc3ccc(Cl)cc13)c(C)n2CC(=O)O. The number of aliphatic carboxylic acids is 1. The second-order valence-corrected chi connectivity index (χ2v) is 7.60. The van der Waals surface area contributed by atoms with E-state index in [4.69, 9.17) is 11.6 Å². The molecule has 25 heavy (non-hydrogen) atoms. The molecule has 0 atom stereocenters. The molecule has 0 fully saturated rings. The predicted octanol–water partition coefficient (Wildman–Crippen LogP) is 5.88. The molecule has 0 bridgehead atoms. The van der Waals surface area contributed by atoms with Crippen LogP contribution in [0.5, 0.6) is 0 Å². The van der Waals surface area contributed by atoms with Crippen molar-refractivity contribution in [1.29, 1.82) is 0 Å². The summed E-state index contributed by atoms with van der Waals surface area (Å²) >= 11 is 7.89. The third-order valence-corrected chi connectivity index (χ3v) is 5.78. The highest BCUT2D eigenvalue weighted by atomic mass is 35.5. The number of nitrogens with zero attached hydrogens (tertiary/aromatic N) is 1. The molecular formula is C20H16ClNO2S. The summed E-state index contributed by atoms with van der Waals surface area (Å²) < 4.78 is 3.05. The zero-order chi connectivity index (χ0) is 17.7. The second kappa shape index (κ2) is 5.90. The number of fused-ring (bicyclic) bond motifs is 2. The molecule has 5 heteroatoms. The standard InChI is InChI=1S/C20H16ClNO2S/c1-11-3-5-17-15(7-11)20(12(2)22(17)9-19(23)24)16-10-25-18-6-4-13(21)8-14(16)18/h3-8,10H,9H2,1-2H3,(H,23,24). The van der Waals surface area contributed by atoms with Gasteiger partial charge in [-0.15, -0.1) is 11.3 Å². The van der Waals surface area contributed by atoms with Gasteiger partial charge in [-0.1, -0.05) is 23.2 Å². The monoisotopic (exact) mass is 369 g/mol. The molecule has 0 radical (unpaired) electrons. The highest BCUT2D eigenvalue weighted by molar-refractivity contribution is 7.17. The van der Waals surface area contributed by atoms with Crippen molar-refractivity contribution in [2.24, 2.45) is 0 Å². The Balaban J connectivity index is 2.09. The highest BCUT2D eigenvalue weighted by Gasteiger charge is 2.19. The zero-order valence-corrected chi connectivity index (χ0v) is 15.4. The Morgan fingerprint density at radius 2 is 1.96 bits per heavy atom. The van der Waals surface area contributed by atoms with Crippen LogP contribution in [0.25, 0.3) is 32.1 Å². The van der Waals surface area contributed by atoms with Crippen LogP contribution in [0.15, 0.2) is 41.8 Å². The molecule has 2 heterocycles. The number of thiophene rings is 1. The van der Waals surface area contributed by atoms with Crippen molar-refractivity contribution >= 4 is 49.9 Å². The van der Waals surface area contributed by atoms with Gasteiger partial charge in [-0.05, 0) is 49.6 Å². The molecule has 3 nitrogen and oxygen atoms in total. The lowest BCUT2D eigenvalue weighted by Crippen LogP contribution is -2.09. The number of aryl methyl sites for hydroxylation is 1. The van der Waals surface area contributed by atoms with Crippen molar-refractivity contribution in [3.63, 3.8) is 0 Å². The molecule has 2 aromatic carbocycles. The number of hydrogen-bond donors (Lipinski definition) is 1. The number of aromatic nitrogens is 1. The Bertz CT molecular complexity index is 1140. The van der Waals surface area contributed by atoms with Gasteiger partial charge in [0, 0.05) is 42.8 Å². The number of carboxylic acid groups (broad SMARTS) is 1. The normalized spacial score (nSPS) is 11.5. The van der Waals surface area contributed by atoms with Gasteiger partial charge in [0.2, 0.25) is 0 Å². The summed E-state index contributed by atoms with van der Waals surface area (Å²) in [7, 11) is 0. The molecule has 0 saturated carbocycles. The Hall–Kier alpha value is -2.30. The fraction of sp³-hybridized carbons (Fsp3) is 0.150. The van der Waals surface area contributed by atoms with E-state index in [2.05, 4.69) is 18.4 Å². The number of carboxylic acids is 1. The summed E-state index contributed by atoms with van der Waals surface area (Å²) in [5.74, 6) is -0.842. The van der Waals surface area contributed by atoms with Crippen molar-refractivity contribution in [1.82, 2.24) is 4.57 Å². The average molecular weight is 370 g/mol. The number of halogens is 1. The van der Waals surface area contributed by atoms with E-state index in [9.17, 15) is 9.90 Å². The van der Waals surface area contributed by atoms with Crippen molar-refractivity contribution in [3.8, 4) is 11.1 Å². The van der Waals surface area contributed by atoms with Crippen LogP contribution < -0.4 is 0 Å². The van der Waals surface area contributed by atoms with Gasteiger partial charge in [0.25, 0.3) is 0 Å². The fourth-order valence-electron chi connectivity index (χ4n) is 3.47. The first-order valence-electron chi connectivity index (χ1n) is 7.94. The average Bonchev–Trinajstić information content (AvgIpc) is 3.06. The molecule has 1 N–H and O–H groups in total. The minimum atomic E-state index is -0.842. The van der Waals surface area contributed by atoms with Gasteiger partial charge in [0.1, 0.15) is 6.54 Å². The molecule has 0 aliphatic rings. The van der Waals surface area contributed by atoms with Crippen LogP contribution in [-0.2, 0) is 11.3 Å². The van der Waals surface area contributed by atoms with Gasteiger partial charge in [0.15, 0.2) is 0 Å². The van der Waals surface area contributed by atoms with Crippen molar-refractivity contribution < 1.29 is 9.90 Å². The third-order valence-electron chi connectivity index (χ3n) is 4.58. The summed E-state index contributed by atoms with van der Waals surface area (Å²) in [5.41, 5.74) is 5.26. The van der Waals surface area contributed by atoms with Gasteiger partial charge in [-0.25, -0.2) is 0 Å². The highest BCUT2D eigenvalue weighted by Crippen LogP contribution is 2.42. The predicted molar refractivity (Wildman–Crippen MR) is 105 cm³/mol. The first-order valence-corrected chi connectivity index (χ1v) is 9.20. The number of hydrogen-bond acceptors (Lipinski definition) is 2. The Kier molecular flexibility index (Phi) is 3.82. The molecule has 4 rings (SSSR count). The lowest BCUT2D eigenvalue weighted by atomic mass is 10.0. The van der Waals surface area contributed by atoms with E-state index in [1.807, 2.05) is 41.8 Å². The molecule has 2 aromatic heterocycles. The van der Waals surface area contributed by atoms with E-state index in [1.165, 1.54) is 4.70 Å². The molecule has 0 spiro atoms. The largest absolute Gasteiger partial charge is 0.480 e. The minimum Gasteiger partial charge on any atom is -0.480 e. The summed E-state index contributed by atoms with van der Waals surface area (Å²) in [6, 6.07) is 12.1. The molecular weight excluding hydrogens is 354 g/mol. The van der Waals surface area contributed by atoms with Gasteiger partial charge >= 0.3 is 5.97 Å². The molecule has 4 aromatic rings. The number of rotatable bonds is 3. The maximum absolute atomic E-state index is 11.3. The first kappa shape index (κ1) is 16.2. The lowest BCUT2D eigenvalue weighted by molar-refractivity contribution is -0.137. The van der Waals surface area contributed by atoms with E-state index in [0.717, 1.165) is 38.7 Å². The quantitative estimate of drug-likeness (QED) is 0.490. The van der Waals surface area contributed by atoms with Gasteiger partial charge in [0.05, 0.1) is 0 Å². The first-order chi connectivity index (χ1) is 12.0. The van der Waals surface area contributed by atoms with E-state index in [0.29, 0.717) is 5.02 Å². The van der Waals surface area contributed by atoms with Crippen LogP contribution in [-0.4, -0.2) is 15.6 Å². The van der Waals surface area contributed by atoms with E-state index in [-0.39, 0.29) is 6.54 Å². The maximum Gasteiger partial charge on any atom is 0.323 e. The number of carbonyl (C=O) groups is 1. The Morgan fingerprint density at radius 1 is 1.16 bits per heavy atom. The molecule has 0 unspecified atom stereocenters. The van der Waals surface area contributed by atoms with Crippen LogP contribution in [0.3, 0.4) is 0 Å². The summed E-state index contributed by atoms with van der Waals surface area (Å²) in [5, 5.41) is 14.3. The van der Waals surface area contributed by atoms with Crippen molar-refractivity contribution in [2.45, 2.75) is 20.4 Å². The van der Waals surface area contributed by atoms with Crippen LogP contribution in [0.2, 0.25) is 5.02 Å². The zero-order valence-electron chi connectivity index (χ0n) is 13.8. The van der Waals surface area contributed by atoms with E-state index < -0.39 is 5.97 Å².